The second kappa shape index (κ2) is 3.44. The molecule has 0 fully saturated rings. The van der Waals surface area contributed by atoms with Crippen LogP contribution in [0.2, 0.25) is 0 Å². The van der Waals surface area contributed by atoms with Crippen LogP contribution in [0.15, 0.2) is 23.6 Å². The van der Waals surface area contributed by atoms with E-state index < -0.39 is 0 Å². The quantitative estimate of drug-likeness (QED) is 0.783. The monoisotopic (exact) mass is 195 g/mol. The van der Waals surface area contributed by atoms with Crippen LogP contribution in [-0.4, -0.2) is 6.54 Å². The molecule has 0 saturated carbocycles. The second-order valence-corrected chi connectivity index (χ2v) is 3.82. The molecule has 0 aliphatic heterocycles. The fourth-order valence-corrected chi connectivity index (χ4v) is 2.39. The average Bonchev–Trinajstić information content (AvgIpc) is 2.59. The van der Waals surface area contributed by atoms with Crippen molar-refractivity contribution in [2.24, 2.45) is 5.73 Å². The molecule has 1 aromatic carbocycles. The topological polar surface area (TPSA) is 26.0 Å². The molecule has 1 aromatic heterocycles. The highest BCUT2D eigenvalue weighted by molar-refractivity contribution is 7.17. The number of nitrogens with two attached hydrogens (primary N) is 1. The Morgan fingerprint density at radius 3 is 2.92 bits per heavy atom. The van der Waals surface area contributed by atoms with Gasteiger partial charge in [-0.3, -0.25) is 0 Å². The third-order valence-corrected chi connectivity index (χ3v) is 3.05. The second-order valence-electron chi connectivity index (χ2n) is 2.91. The molecule has 13 heavy (non-hydrogen) atoms. The summed E-state index contributed by atoms with van der Waals surface area (Å²) < 4.78 is 14.2. The Labute approximate surface area is 80.0 Å². The van der Waals surface area contributed by atoms with Gasteiger partial charge in [-0.1, -0.05) is 6.07 Å². The lowest BCUT2D eigenvalue weighted by Crippen LogP contribution is -2.02. The molecule has 0 aliphatic carbocycles. The molecule has 0 bridgehead atoms. The van der Waals surface area contributed by atoms with Crippen molar-refractivity contribution in [1.82, 2.24) is 0 Å². The van der Waals surface area contributed by atoms with Gasteiger partial charge in [0.2, 0.25) is 0 Å². The lowest BCUT2D eigenvalue weighted by molar-refractivity contribution is 0.639. The Hall–Kier alpha value is -0.930. The van der Waals surface area contributed by atoms with Gasteiger partial charge in [0, 0.05) is 10.1 Å². The summed E-state index contributed by atoms with van der Waals surface area (Å²) >= 11 is 1.57. The summed E-state index contributed by atoms with van der Waals surface area (Å²) in [6, 6.07) is 5.15. The minimum absolute atomic E-state index is 0.142. The Balaban J connectivity index is 2.64. The van der Waals surface area contributed by atoms with Gasteiger partial charge in [-0.2, -0.15) is 0 Å². The SMILES string of the molecule is NCCc1ccc(F)c2ccsc12. The molecule has 2 N–H and O–H groups in total. The number of rotatable bonds is 2. The van der Waals surface area contributed by atoms with Gasteiger partial charge >= 0.3 is 0 Å². The zero-order valence-electron chi connectivity index (χ0n) is 7.09. The molecule has 0 aliphatic rings. The molecule has 0 saturated heterocycles. The summed E-state index contributed by atoms with van der Waals surface area (Å²) in [7, 11) is 0. The Bertz CT molecular complexity index is 422. The predicted octanol–water partition coefficient (Wildman–Crippen LogP) is 2.54. The van der Waals surface area contributed by atoms with E-state index in [9.17, 15) is 4.39 Å². The van der Waals surface area contributed by atoms with Gasteiger partial charge in [-0.05, 0) is 36.0 Å². The van der Waals surface area contributed by atoms with E-state index in [2.05, 4.69) is 0 Å². The van der Waals surface area contributed by atoms with Crippen LogP contribution < -0.4 is 5.73 Å². The van der Waals surface area contributed by atoms with E-state index >= 15 is 0 Å². The van der Waals surface area contributed by atoms with E-state index in [0.717, 1.165) is 22.1 Å². The number of benzene rings is 1. The van der Waals surface area contributed by atoms with Crippen LogP contribution in [0.3, 0.4) is 0 Å². The molecular weight excluding hydrogens is 185 g/mol. The van der Waals surface area contributed by atoms with Crippen molar-refractivity contribution in [2.75, 3.05) is 6.54 Å². The highest BCUT2D eigenvalue weighted by Gasteiger charge is 2.05. The molecule has 68 valence electrons. The molecule has 1 heterocycles. The molecular formula is C10H10FNS. The molecule has 0 atom stereocenters. The molecule has 2 rings (SSSR count). The molecule has 2 aromatic rings. The van der Waals surface area contributed by atoms with Gasteiger partial charge in [-0.25, -0.2) is 4.39 Å². The lowest BCUT2D eigenvalue weighted by Gasteiger charge is -2.00. The highest BCUT2D eigenvalue weighted by atomic mass is 32.1. The van der Waals surface area contributed by atoms with Crippen LogP contribution in [0.5, 0.6) is 0 Å². The summed E-state index contributed by atoms with van der Waals surface area (Å²) in [5.41, 5.74) is 6.62. The summed E-state index contributed by atoms with van der Waals surface area (Å²) in [6.07, 6.45) is 0.817. The summed E-state index contributed by atoms with van der Waals surface area (Å²) in [5, 5.41) is 2.63. The molecule has 0 amide bonds. The Kier molecular flexibility index (Phi) is 2.29. The average molecular weight is 195 g/mol. The van der Waals surface area contributed by atoms with E-state index in [0.29, 0.717) is 6.54 Å². The number of fused-ring (bicyclic) bond motifs is 1. The number of thiophene rings is 1. The van der Waals surface area contributed by atoms with Gasteiger partial charge in [0.05, 0.1) is 0 Å². The van der Waals surface area contributed by atoms with Crippen molar-refractivity contribution < 1.29 is 4.39 Å². The first-order chi connectivity index (χ1) is 6.33. The van der Waals surface area contributed by atoms with Crippen LogP contribution in [0, 0.1) is 5.82 Å². The van der Waals surface area contributed by atoms with Crippen LogP contribution >= 0.6 is 11.3 Å². The smallest absolute Gasteiger partial charge is 0.131 e. The maximum Gasteiger partial charge on any atom is 0.131 e. The molecule has 0 unspecified atom stereocenters. The Morgan fingerprint density at radius 2 is 2.15 bits per heavy atom. The first-order valence-corrected chi connectivity index (χ1v) is 5.05. The van der Waals surface area contributed by atoms with E-state index in [1.807, 2.05) is 17.5 Å². The third kappa shape index (κ3) is 1.45. The van der Waals surface area contributed by atoms with Crippen molar-refractivity contribution in [1.29, 1.82) is 0 Å². The van der Waals surface area contributed by atoms with Gasteiger partial charge in [0.1, 0.15) is 5.82 Å². The molecule has 1 nitrogen and oxygen atoms in total. The summed E-state index contributed by atoms with van der Waals surface area (Å²) in [4.78, 5) is 0. The van der Waals surface area contributed by atoms with Crippen molar-refractivity contribution in [3.8, 4) is 0 Å². The van der Waals surface area contributed by atoms with E-state index in [-0.39, 0.29) is 5.82 Å². The van der Waals surface area contributed by atoms with Crippen molar-refractivity contribution in [2.45, 2.75) is 6.42 Å². The summed E-state index contributed by atoms with van der Waals surface area (Å²) in [5.74, 6) is -0.142. The molecule has 3 heteroatoms. The predicted molar refractivity (Wildman–Crippen MR) is 54.5 cm³/mol. The maximum absolute atomic E-state index is 13.2. The van der Waals surface area contributed by atoms with Gasteiger partial charge in [-0.15, -0.1) is 11.3 Å². The molecule has 0 spiro atoms. The fourth-order valence-electron chi connectivity index (χ4n) is 1.44. The van der Waals surface area contributed by atoms with E-state index in [1.54, 1.807) is 11.3 Å². The van der Waals surface area contributed by atoms with Crippen molar-refractivity contribution in [3.05, 3.63) is 35.0 Å². The van der Waals surface area contributed by atoms with Crippen molar-refractivity contribution in [3.63, 3.8) is 0 Å². The summed E-state index contributed by atoms with van der Waals surface area (Å²) in [6.45, 7) is 0.610. The standard InChI is InChI=1S/C10H10FNS/c11-9-2-1-7(3-5-12)10-8(9)4-6-13-10/h1-2,4,6H,3,5,12H2. The first kappa shape index (κ1) is 8.66. The zero-order valence-corrected chi connectivity index (χ0v) is 7.90. The fraction of sp³-hybridized carbons (Fsp3) is 0.200. The van der Waals surface area contributed by atoms with Crippen LogP contribution in [0.25, 0.3) is 10.1 Å². The van der Waals surface area contributed by atoms with Crippen LogP contribution in [0.1, 0.15) is 5.56 Å². The van der Waals surface area contributed by atoms with E-state index in [1.165, 1.54) is 6.07 Å². The molecule has 0 radical (unpaired) electrons. The highest BCUT2D eigenvalue weighted by Crippen LogP contribution is 2.27. The maximum atomic E-state index is 13.2. The largest absolute Gasteiger partial charge is 0.330 e. The number of hydrogen-bond donors (Lipinski definition) is 1. The van der Waals surface area contributed by atoms with Gasteiger partial charge in [0.25, 0.3) is 0 Å². The van der Waals surface area contributed by atoms with Gasteiger partial charge in [0.15, 0.2) is 0 Å². The third-order valence-electron chi connectivity index (χ3n) is 2.06. The normalized spacial score (nSPS) is 10.9. The minimum atomic E-state index is -0.142. The lowest BCUT2D eigenvalue weighted by atomic mass is 10.1. The zero-order chi connectivity index (χ0) is 9.26. The number of hydrogen-bond acceptors (Lipinski definition) is 2. The van der Waals surface area contributed by atoms with Gasteiger partial charge < -0.3 is 5.73 Å². The van der Waals surface area contributed by atoms with E-state index in [4.69, 9.17) is 5.73 Å². The number of halogens is 1. The minimum Gasteiger partial charge on any atom is -0.330 e. The van der Waals surface area contributed by atoms with Crippen LogP contribution in [-0.2, 0) is 6.42 Å². The van der Waals surface area contributed by atoms with Crippen molar-refractivity contribution >= 4 is 21.4 Å². The first-order valence-electron chi connectivity index (χ1n) is 4.17. The Morgan fingerprint density at radius 1 is 1.31 bits per heavy atom. The van der Waals surface area contributed by atoms with Crippen LogP contribution in [0.4, 0.5) is 4.39 Å².